The lowest BCUT2D eigenvalue weighted by Gasteiger charge is -2.22. The predicted molar refractivity (Wildman–Crippen MR) is 124 cm³/mol. The van der Waals surface area contributed by atoms with Crippen LogP contribution in [0.5, 0.6) is 5.75 Å². The van der Waals surface area contributed by atoms with Gasteiger partial charge in [0.25, 0.3) is 5.91 Å². The number of carbonyl (C=O) groups is 3. The van der Waals surface area contributed by atoms with E-state index in [2.05, 4.69) is 17.2 Å². The molecule has 1 aliphatic rings. The molecule has 0 radical (unpaired) electrons. The number of rotatable bonds is 8. The summed E-state index contributed by atoms with van der Waals surface area (Å²) in [5, 5.41) is 5.42. The zero-order chi connectivity index (χ0) is 23.5. The van der Waals surface area contributed by atoms with E-state index in [0.717, 1.165) is 16.2 Å². The molecule has 0 spiro atoms. The van der Waals surface area contributed by atoms with E-state index in [9.17, 15) is 14.4 Å². The van der Waals surface area contributed by atoms with Crippen molar-refractivity contribution in [2.24, 2.45) is 0 Å². The first-order chi connectivity index (χ1) is 15.1. The van der Waals surface area contributed by atoms with Crippen molar-refractivity contribution in [3.63, 3.8) is 0 Å². The van der Waals surface area contributed by atoms with Crippen LogP contribution in [0.15, 0.2) is 60.7 Å². The van der Waals surface area contributed by atoms with Crippen LogP contribution in [0, 0.1) is 0 Å². The number of amides is 4. The molecule has 32 heavy (non-hydrogen) atoms. The standard InChI is InChI=1S/C24H28N4O4/c1-16(2)15-32-20-12-6-17(7-13-20)24(3)22(30)28(23(31)26-24)14-21(29)25-18-8-10-19(11-9-18)27(4)5/h6-13H,1,14-15H2,2-5H3,(H,25,29)(H,26,31). The number of nitrogens with one attached hydrogen (secondary N) is 2. The van der Waals surface area contributed by atoms with Crippen molar-refractivity contribution in [2.75, 3.05) is 37.5 Å². The van der Waals surface area contributed by atoms with Crippen molar-refractivity contribution < 1.29 is 19.1 Å². The molecule has 8 nitrogen and oxygen atoms in total. The van der Waals surface area contributed by atoms with E-state index in [1.54, 1.807) is 43.3 Å². The summed E-state index contributed by atoms with van der Waals surface area (Å²) in [6, 6.07) is 13.6. The molecule has 1 heterocycles. The van der Waals surface area contributed by atoms with Crippen molar-refractivity contribution in [3.05, 3.63) is 66.2 Å². The first kappa shape index (κ1) is 22.9. The Morgan fingerprint density at radius 1 is 1.12 bits per heavy atom. The fraction of sp³-hybridized carbons (Fsp3) is 0.292. The molecular weight excluding hydrogens is 408 g/mol. The van der Waals surface area contributed by atoms with Crippen LogP contribution in [0.2, 0.25) is 0 Å². The van der Waals surface area contributed by atoms with Crippen molar-refractivity contribution >= 4 is 29.2 Å². The average Bonchev–Trinajstić information content (AvgIpc) is 2.97. The lowest BCUT2D eigenvalue weighted by Crippen LogP contribution is -2.42. The van der Waals surface area contributed by atoms with Gasteiger partial charge in [-0.05, 0) is 61.4 Å². The van der Waals surface area contributed by atoms with E-state index in [0.29, 0.717) is 23.6 Å². The van der Waals surface area contributed by atoms with Gasteiger partial charge in [-0.15, -0.1) is 0 Å². The molecule has 2 N–H and O–H groups in total. The summed E-state index contributed by atoms with van der Waals surface area (Å²) in [4.78, 5) is 40.9. The highest BCUT2D eigenvalue weighted by Gasteiger charge is 2.49. The van der Waals surface area contributed by atoms with Crippen molar-refractivity contribution in [3.8, 4) is 5.75 Å². The number of benzene rings is 2. The Bertz CT molecular complexity index is 1030. The molecule has 8 heteroatoms. The molecular formula is C24H28N4O4. The molecule has 2 aromatic carbocycles. The molecule has 0 aromatic heterocycles. The largest absolute Gasteiger partial charge is 0.489 e. The summed E-state index contributed by atoms with van der Waals surface area (Å²) in [6.45, 7) is 7.29. The Kier molecular flexibility index (Phi) is 6.53. The van der Waals surface area contributed by atoms with E-state index in [4.69, 9.17) is 4.74 Å². The molecule has 1 fully saturated rings. The first-order valence-electron chi connectivity index (χ1n) is 10.2. The Morgan fingerprint density at radius 3 is 2.31 bits per heavy atom. The van der Waals surface area contributed by atoms with Crippen LogP contribution >= 0.6 is 0 Å². The second-order valence-corrected chi connectivity index (χ2v) is 8.21. The minimum Gasteiger partial charge on any atom is -0.489 e. The molecule has 2 aromatic rings. The Balaban J connectivity index is 1.66. The van der Waals surface area contributed by atoms with E-state index in [1.807, 2.05) is 38.1 Å². The number of urea groups is 1. The van der Waals surface area contributed by atoms with Gasteiger partial charge < -0.3 is 20.3 Å². The van der Waals surface area contributed by atoms with Crippen LogP contribution in [0.3, 0.4) is 0 Å². The van der Waals surface area contributed by atoms with Gasteiger partial charge >= 0.3 is 6.03 Å². The molecule has 1 saturated heterocycles. The maximum absolute atomic E-state index is 13.1. The van der Waals surface area contributed by atoms with Crippen LogP contribution in [0.4, 0.5) is 16.2 Å². The second-order valence-electron chi connectivity index (χ2n) is 8.21. The minimum atomic E-state index is -1.27. The summed E-state index contributed by atoms with van der Waals surface area (Å²) in [5.74, 6) is -0.316. The fourth-order valence-corrected chi connectivity index (χ4v) is 3.31. The second kappa shape index (κ2) is 9.13. The van der Waals surface area contributed by atoms with Crippen LogP contribution in [0.1, 0.15) is 19.4 Å². The molecule has 1 atom stereocenters. The molecule has 0 aliphatic carbocycles. The highest BCUT2D eigenvalue weighted by atomic mass is 16.5. The Labute approximate surface area is 187 Å². The molecule has 0 saturated carbocycles. The average molecular weight is 437 g/mol. The third-order valence-corrected chi connectivity index (χ3v) is 5.16. The van der Waals surface area contributed by atoms with Gasteiger partial charge in [0.1, 0.15) is 24.4 Å². The molecule has 4 amide bonds. The van der Waals surface area contributed by atoms with Crippen LogP contribution in [-0.2, 0) is 15.1 Å². The Hall–Kier alpha value is -3.81. The van der Waals surface area contributed by atoms with E-state index < -0.39 is 23.4 Å². The smallest absolute Gasteiger partial charge is 0.325 e. The molecule has 1 unspecified atom stereocenters. The highest BCUT2D eigenvalue weighted by molar-refractivity contribution is 6.10. The van der Waals surface area contributed by atoms with Gasteiger partial charge in [0.15, 0.2) is 0 Å². The first-order valence-corrected chi connectivity index (χ1v) is 10.2. The SMILES string of the molecule is C=C(C)COc1ccc(C2(C)NC(=O)N(CC(=O)Nc3ccc(N(C)C)cc3)C2=O)cc1. The molecule has 1 aliphatic heterocycles. The number of anilines is 2. The number of carbonyl (C=O) groups excluding carboxylic acids is 3. The normalized spacial score (nSPS) is 17.7. The van der Waals surface area contributed by atoms with Crippen molar-refractivity contribution in [1.29, 1.82) is 0 Å². The number of imide groups is 1. The number of nitrogens with zero attached hydrogens (tertiary/aromatic N) is 2. The van der Waals surface area contributed by atoms with Crippen LogP contribution in [-0.4, -0.2) is 50.0 Å². The van der Waals surface area contributed by atoms with Crippen molar-refractivity contribution in [2.45, 2.75) is 19.4 Å². The third kappa shape index (κ3) is 4.91. The van der Waals surface area contributed by atoms with Gasteiger partial charge in [-0.1, -0.05) is 18.7 Å². The van der Waals surface area contributed by atoms with Gasteiger partial charge in [0.05, 0.1) is 0 Å². The van der Waals surface area contributed by atoms with Crippen molar-refractivity contribution in [1.82, 2.24) is 10.2 Å². The summed E-state index contributed by atoms with van der Waals surface area (Å²) in [6.07, 6.45) is 0. The van der Waals surface area contributed by atoms with Gasteiger partial charge in [-0.3, -0.25) is 14.5 Å². The molecule has 0 bridgehead atoms. The molecule has 3 rings (SSSR count). The lowest BCUT2D eigenvalue weighted by atomic mass is 9.92. The van der Waals surface area contributed by atoms with Gasteiger partial charge in [0.2, 0.25) is 5.91 Å². The summed E-state index contributed by atoms with van der Waals surface area (Å²) < 4.78 is 5.58. The highest BCUT2D eigenvalue weighted by Crippen LogP contribution is 2.30. The summed E-state index contributed by atoms with van der Waals surface area (Å²) in [5.41, 5.74) is 1.80. The van der Waals surface area contributed by atoms with Crippen LogP contribution in [0.25, 0.3) is 0 Å². The fourth-order valence-electron chi connectivity index (χ4n) is 3.31. The summed E-state index contributed by atoms with van der Waals surface area (Å²) >= 11 is 0. The lowest BCUT2D eigenvalue weighted by molar-refractivity contribution is -0.133. The zero-order valence-corrected chi connectivity index (χ0v) is 18.8. The Morgan fingerprint density at radius 2 is 1.75 bits per heavy atom. The topological polar surface area (TPSA) is 91.0 Å². The molecule has 168 valence electrons. The quantitative estimate of drug-likeness (QED) is 0.490. The zero-order valence-electron chi connectivity index (χ0n) is 18.8. The number of hydrogen-bond acceptors (Lipinski definition) is 5. The van der Waals surface area contributed by atoms with E-state index in [1.165, 1.54) is 0 Å². The van der Waals surface area contributed by atoms with Gasteiger partial charge in [-0.25, -0.2) is 4.79 Å². The van der Waals surface area contributed by atoms with Gasteiger partial charge in [-0.2, -0.15) is 0 Å². The monoisotopic (exact) mass is 436 g/mol. The van der Waals surface area contributed by atoms with E-state index in [-0.39, 0.29) is 6.54 Å². The number of hydrogen-bond donors (Lipinski definition) is 2. The predicted octanol–water partition coefficient (Wildman–Crippen LogP) is 3.11. The van der Waals surface area contributed by atoms with Gasteiger partial charge in [0, 0.05) is 25.5 Å². The van der Waals surface area contributed by atoms with Crippen LogP contribution < -0.4 is 20.3 Å². The van der Waals surface area contributed by atoms with E-state index >= 15 is 0 Å². The third-order valence-electron chi connectivity index (χ3n) is 5.16. The minimum absolute atomic E-state index is 0.379. The maximum Gasteiger partial charge on any atom is 0.325 e. The maximum atomic E-state index is 13.1. The number of ether oxygens (including phenoxy) is 1. The summed E-state index contributed by atoms with van der Waals surface area (Å²) in [7, 11) is 3.84.